The zero-order valence-electron chi connectivity index (χ0n) is 17.3. The second-order valence-corrected chi connectivity index (χ2v) is 7.58. The van der Waals surface area contributed by atoms with Crippen molar-refractivity contribution in [3.8, 4) is 0 Å². The molecule has 0 unspecified atom stereocenters. The van der Waals surface area contributed by atoms with E-state index in [1.807, 2.05) is 42.2 Å². The van der Waals surface area contributed by atoms with Crippen LogP contribution in [-0.4, -0.2) is 42.9 Å². The van der Waals surface area contributed by atoms with Gasteiger partial charge >= 0.3 is 0 Å². The molecule has 1 aliphatic heterocycles. The summed E-state index contributed by atoms with van der Waals surface area (Å²) in [5.74, 6) is -0.560. The summed E-state index contributed by atoms with van der Waals surface area (Å²) in [7, 11) is 0. The molecule has 5 nitrogen and oxygen atoms in total. The molecule has 0 radical (unpaired) electrons. The lowest BCUT2D eigenvalue weighted by Crippen LogP contribution is -2.49. The molecule has 1 fully saturated rings. The fourth-order valence-corrected chi connectivity index (χ4v) is 3.71. The zero-order chi connectivity index (χ0) is 21.8. The number of hydrogen-bond acceptors (Lipinski definition) is 3. The molecule has 0 bridgehead atoms. The van der Waals surface area contributed by atoms with Crippen molar-refractivity contribution in [2.45, 2.75) is 6.92 Å². The molecule has 31 heavy (non-hydrogen) atoms. The molecule has 1 saturated heterocycles. The first-order valence-corrected chi connectivity index (χ1v) is 10.3. The van der Waals surface area contributed by atoms with Gasteiger partial charge < -0.3 is 15.1 Å². The molecule has 3 aromatic carbocycles. The number of carbonyl (C=O) groups excluding carboxylic acids is 2. The smallest absolute Gasteiger partial charge is 0.255 e. The summed E-state index contributed by atoms with van der Waals surface area (Å²) in [4.78, 5) is 29.3. The summed E-state index contributed by atoms with van der Waals surface area (Å²) in [6.07, 6.45) is 0. The summed E-state index contributed by atoms with van der Waals surface area (Å²) in [6, 6.07) is 21.0. The average molecular weight is 417 g/mol. The molecule has 0 aliphatic carbocycles. The van der Waals surface area contributed by atoms with Crippen molar-refractivity contribution in [3.63, 3.8) is 0 Å². The van der Waals surface area contributed by atoms with E-state index in [0.717, 1.165) is 5.56 Å². The van der Waals surface area contributed by atoms with Crippen LogP contribution in [0.3, 0.4) is 0 Å². The predicted molar refractivity (Wildman–Crippen MR) is 120 cm³/mol. The maximum Gasteiger partial charge on any atom is 0.255 e. The highest BCUT2D eigenvalue weighted by Crippen LogP contribution is 2.22. The van der Waals surface area contributed by atoms with Gasteiger partial charge in [-0.15, -0.1) is 0 Å². The number of nitrogens with zero attached hydrogens (tertiary/aromatic N) is 2. The Morgan fingerprint density at radius 2 is 1.52 bits per heavy atom. The molecule has 0 spiro atoms. The Kier molecular flexibility index (Phi) is 5.98. The topological polar surface area (TPSA) is 52.7 Å². The molecular weight excluding hydrogens is 393 g/mol. The number of rotatable bonds is 4. The minimum Gasteiger partial charge on any atom is -0.366 e. The number of hydrogen-bond donors (Lipinski definition) is 1. The highest BCUT2D eigenvalue weighted by atomic mass is 19.1. The largest absolute Gasteiger partial charge is 0.366 e. The maximum absolute atomic E-state index is 14.0. The molecule has 1 aliphatic rings. The van der Waals surface area contributed by atoms with E-state index in [-0.39, 0.29) is 17.6 Å². The van der Waals surface area contributed by atoms with Gasteiger partial charge in [0.25, 0.3) is 11.8 Å². The lowest BCUT2D eigenvalue weighted by atomic mass is 10.1. The summed E-state index contributed by atoms with van der Waals surface area (Å²) < 4.78 is 14.0. The number of nitrogens with one attached hydrogen (secondary N) is 1. The van der Waals surface area contributed by atoms with Crippen LogP contribution in [0.25, 0.3) is 0 Å². The van der Waals surface area contributed by atoms with E-state index in [4.69, 9.17) is 0 Å². The standard InChI is InChI=1S/C25H24FN3O2/c1-18-11-12-20(17-22(18)27-24(30)19-7-3-2-4-8-19)25(31)29-15-13-28(14-16-29)23-10-6-5-9-21(23)26/h2-12,17H,13-16H2,1H3,(H,27,30). The quantitative estimate of drug-likeness (QED) is 0.687. The first-order valence-electron chi connectivity index (χ1n) is 10.3. The number of anilines is 2. The van der Waals surface area contributed by atoms with Gasteiger partial charge in [-0.3, -0.25) is 9.59 Å². The second-order valence-electron chi connectivity index (χ2n) is 7.58. The first kappa shape index (κ1) is 20.6. The summed E-state index contributed by atoms with van der Waals surface area (Å²) in [6.45, 7) is 4.04. The van der Waals surface area contributed by atoms with Gasteiger partial charge in [0.15, 0.2) is 0 Å². The zero-order valence-corrected chi connectivity index (χ0v) is 17.3. The van der Waals surface area contributed by atoms with Crippen LogP contribution in [0.15, 0.2) is 72.8 Å². The third kappa shape index (κ3) is 4.58. The summed E-state index contributed by atoms with van der Waals surface area (Å²) in [5, 5.41) is 2.90. The third-order valence-corrected chi connectivity index (χ3v) is 5.53. The van der Waals surface area contributed by atoms with E-state index >= 15 is 0 Å². The Balaban J connectivity index is 1.44. The van der Waals surface area contributed by atoms with Crippen molar-refractivity contribution in [1.29, 1.82) is 0 Å². The number of halogens is 1. The van der Waals surface area contributed by atoms with Crippen LogP contribution in [0, 0.1) is 12.7 Å². The van der Waals surface area contributed by atoms with E-state index in [1.165, 1.54) is 6.07 Å². The molecular formula is C25H24FN3O2. The number of carbonyl (C=O) groups is 2. The van der Waals surface area contributed by atoms with Crippen LogP contribution < -0.4 is 10.2 Å². The number of para-hydroxylation sites is 1. The van der Waals surface area contributed by atoms with Gasteiger partial charge in [-0.25, -0.2) is 4.39 Å². The Labute approximate surface area is 181 Å². The van der Waals surface area contributed by atoms with E-state index < -0.39 is 0 Å². The normalized spacial score (nSPS) is 13.7. The van der Waals surface area contributed by atoms with Crippen molar-refractivity contribution in [3.05, 3.63) is 95.3 Å². The van der Waals surface area contributed by atoms with Gasteiger partial charge in [-0.1, -0.05) is 36.4 Å². The van der Waals surface area contributed by atoms with Crippen LogP contribution in [0.5, 0.6) is 0 Å². The summed E-state index contributed by atoms with van der Waals surface area (Å²) in [5.41, 5.74) is 3.14. The predicted octanol–water partition coefficient (Wildman–Crippen LogP) is 4.35. The second kappa shape index (κ2) is 9.00. The van der Waals surface area contributed by atoms with Crippen LogP contribution in [0.1, 0.15) is 26.3 Å². The third-order valence-electron chi connectivity index (χ3n) is 5.53. The molecule has 3 aromatic rings. The van der Waals surface area contributed by atoms with Gasteiger partial charge in [0, 0.05) is 43.0 Å². The van der Waals surface area contributed by atoms with Crippen molar-refractivity contribution >= 4 is 23.2 Å². The summed E-state index contributed by atoms with van der Waals surface area (Å²) >= 11 is 0. The minimum atomic E-state index is -0.250. The van der Waals surface area contributed by atoms with Crippen molar-refractivity contribution < 1.29 is 14.0 Å². The van der Waals surface area contributed by atoms with Gasteiger partial charge in [-0.05, 0) is 48.9 Å². The molecule has 0 saturated carbocycles. The minimum absolute atomic E-state index is 0.0941. The first-order chi connectivity index (χ1) is 15.0. The van der Waals surface area contributed by atoms with E-state index in [0.29, 0.717) is 48.7 Å². The monoisotopic (exact) mass is 417 g/mol. The number of benzene rings is 3. The number of aryl methyl sites for hydroxylation is 1. The Morgan fingerprint density at radius 3 is 2.23 bits per heavy atom. The van der Waals surface area contributed by atoms with Crippen LogP contribution >= 0.6 is 0 Å². The molecule has 4 rings (SSSR count). The van der Waals surface area contributed by atoms with Gasteiger partial charge in [0.05, 0.1) is 5.69 Å². The Hall–Kier alpha value is -3.67. The molecule has 6 heteroatoms. The highest BCUT2D eigenvalue weighted by molar-refractivity contribution is 6.05. The molecule has 1 heterocycles. The van der Waals surface area contributed by atoms with Crippen molar-refractivity contribution in [1.82, 2.24) is 4.90 Å². The molecule has 158 valence electrons. The molecule has 0 aromatic heterocycles. The van der Waals surface area contributed by atoms with Crippen LogP contribution in [0.2, 0.25) is 0 Å². The van der Waals surface area contributed by atoms with E-state index in [9.17, 15) is 14.0 Å². The number of amides is 2. The van der Waals surface area contributed by atoms with Gasteiger partial charge in [-0.2, -0.15) is 0 Å². The Morgan fingerprint density at radius 1 is 0.839 bits per heavy atom. The lowest BCUT2D eigenvalue weighted by Gasteiger charge is -2.36. The highest BCUT2D eigenvalue weighted by Gasteiger charge is 2.24. The van der Waals surface area contributed by atoms with Crippen LogP contribution in [-0.2, 0) is 0 Å². The van der Waals surface area contributed by atoms with Gasteiger partial charge in [0.1, 0.15) is 5.82 Å². The van der Waals surface area contributed by atoms with Gasteiger partial charge in [0.2, 0.25) is 0 Å². The molecule has 1 N–H and O–H groups in total. The average Bonchev–Trinajstić information content (AvgIpc) is 2.81. The van der Waals surface area contributed by atoms with Crippen LogP contribution in [0.4, 0.5) is 15.8 Å². The Bertz CT molecular complexity index is 1090. The van der Waals surface area contributed by atoms with Crippen molar-refractivity contribution in [2.75, 3.05) is 36.4 Å². The fourth-order valence-electron chi connectivity index (χ4n) is 3.71. The lowest BCUT2D eigenvalue weighted by molar-refractivity contribution is 0.0746. The van der Waals surface area contributed by atoms with E-state index in [2.05, 4.69) is 5.32 Å². The van der Waals surface area contributed by atoms with E-state index in [1.54, 1.807) is 41.3 Å². The maximum atomic E-state index is 14.0. The molecule has 2 amide bonds. The SMILES string of the molecule is Cc1ccc(C(=O)N2CCN(c3ccccc3F)CC2)cc1NC(=O)c1ccccc1. The fraction of sp³-hybridized carbons (Fsp3) is 0.200. The van der Waals surface area contributed by atoms with Crippen molar-refractivity contribution in [2.24, 2.45) is 0 Å². The molecule has 0 atom stereocenters. The number of piperazine rings is 1.